The van der Waals surface area contributed by atoms with E-state index in [1.165, 1.54) is 10.4 Å². The van der Waals surface area contributed by atoms with Crippen LogP contribution in [-0.2, 0) is 27.7 Å². The Morgan fingerprint density at radius 2 is 1.69 bits per heavy atom. The van der Waals surface area contributed by atoms with Gasteiger partial charge >= 0.3 is 0 Å². The van der Waals surface area contributed by atoms with E-state index in [4.69, 9.17) is 0 Å². The quantitative estimate of drug-likeness (QED) is 0.726. The van der Waals surface area contributed by atoms with Crippen molar-refractivity contribution in [3.8, 4) is 0 Å². The van der Waals surface area contributed by atoms with E-state index in [-0.39, 0.29) is 44.2 Å². The van der Waals surface area contributed by atoms with Crippen LogP contribution in [0.4, 0.5) is 4.39 Å². The first-order valence-electron chi connectivity index (χ1n) is 8.35. The fourth-order valence-electron chi connectivity index (χ4n) is 2.55. The molecule has 7 heteroatoms. The molecule has 0 radical (unpaired) electrons. The standard InChI is InChI=1S/C19H23FN2O3S/c1-26(24,25)22(13-11-17-9-5-6-10-18(17)20)14-12-21-19(23)15-16-7-3-2-4-8-16/h2-10H,11-15H2,1H3,(H,21,23). The Morgan fingerprint density at radius 1 is 1.04 bits per heavy atom. The summed E-state index contributed by atoms with van der Waals surface area (Å²) < 4.78 is 38.8. The van der Waals surface area contributed by atoms with Crippen molar-refractivity contribution in [1.82, 2.24) is 9.62 Å². The van der Waals surface area contributed by atoms with Crippen molar-refractivity contribution in [2.75, 3.05) is 25.9 Å². The van der Waals surface area contributed by atoms with Crippen molar-refractivity contribution < 1.29 is 17.6 Å². The molecule has 0 saturated heterocycles. The maximum absolute atomic E-state index is 13.7. The lowest BCUT2D eigenvalue weighted by molar-refractivity contribution is -0.120. The van der Waals surface area contributed by atoms with Crippen LogP contribution in [0.3, 0.4) is 0 Å². The molecule has 0 aliphatic rings. The molecule has 0 atom stereocenters. The molecular formula is C19H23FN2O3S. The maximum atomic E-state index is 13.7. The minimum atomic E-state index is -3.45. The third kappa shape index (κ3) is 6.57. The van der Waals surface area contributed by atoms with Crippen molar-refractivity contribution in [2.45, 2.75) is 12.8 Å². The first-order valence-corrected chi connectivity index (χ1v) is 10.2. The summed E-state index contributed by atoms with van der Waals surface area (Å²) in [6.07, 6.45) is 1.63. The minimum Gasteiger partial charge on any atom is -0.354 e. The average molecular weight is 378 g/mol. The number of hydrogen-bond acceptors (Lipinski definition) is 3. The normalized spacial score (nSPS) is 11.5. The van der Waals surface area contributed by atoms with Gasteiger partial charge in [-0.05, 0) is 23.6 Å². The molecule has 1 amide bonds. The lowest BCUT2D eigenvalue weighted by atomic mass is 10.1. The summed E-state index contributed by atoms with van der Waals surface area (Å²) in [6.45, 7) is 0.512. The third-order valence-corrected chi connectivity index (χ3v) is 5.25. The second-order valence-electron chi connectivity index (χ2n) is 6.02. The highest BCUT2D eigenvalue weighted by Crippen LogP contribution is 2.09. The van der Waals surface area contributed by atoms with Crippen molar-refractivity contribution >= 4 is 15.9 Å². The number of carbonyl (C=O) groups is 1. The highest BCUT2D eigenvalue weighted by Gasteiger charge is 2.17. The molecular weight excluding hydrogens is 355 g/mol. The molecule has 0 unspecified atom stereocenters. The Balaban J connectivity index is 1.84. The van der Waals surface area contributed by atoms with E-state index in [0.29, 0.717) is 5.56 Å². The fraction of sp³-hybridized carbons (Fsp3) is 0.316. The number of nitrogens with one attached hydrogen (secondary N) is 1. The largest absolute Gasteiger partial charge is 0.354 e. The summed E-state index contributed by atoms with van der Waals surface area (Å²) >= 11 is 0. The van der Waals surface area contributed by atoms with E-state index in [1.54, 1.807) is 18.2 Å². The number of nitrogens with zero attached hydrogens (tertiary/aromatic N) is 1. The molecule has 1 N–H and O–H groups in total. The summed E-state index contributed by atoms with van der Waals surface area (Å²) in [4.78, 5) is 11.9. The van der Waals surface area contributed by atoms with Crippen LogP contribution in [0.25, 0.3) is 0 Å². The number of amides is 1. The molecule has 0 spiro atoms. The molecule has 0 fully saturated rings. The van der Waals surface area contributed by atoms with Gasteiger partial charge in [-0.15, -0.1) is 0 Å². The zero-order chi connectivity index (χ0) is 19.0. The Kier molecular flexibility index (Phi) is 7.29. The number of sulfonamides is 1. The van der Waals surface area contributed by atoms with Crippen molar-refractivity contribution in [3.05, 3.63) is 71.5 Å². The van der Waals surface area contributed by atoms with Crippen LogP contribution in [0.5, 0.6) is 0 Å². The summed E-state index contributed by atoms with van der Waals surface area (Å²) in [7, 11) is -3.45. The second kappa shape index (κ2) is 9.45. The van der Waals surface area contributed by atoms with Crippen LogP contribution in [0.1, 0.15) is 11.1 Å². The van der Waals surface area contributed by atoms with E-state index < -0.39 is 10.0 Å². The Hall–Kier alpha value is -2.25. The molecule has 140 valence electrons. The van der Waals surface area contributed by atoms with Gasteiger partial charge in [0.25, 0.3) is 0 Å². The van der Waals surface area contributed by atoms with Gasteiger partial charge in [0.15, 0.2) is 0 Å². The van der Waals surface area contributed by atoms with Gasteiger partial charge in [-0.3, -0.25) is 4.79 Å². The van der Waals surface area contributed by atoms with Crippen molar-refractivity contribution in [1.29, 1.82) is 0 Å². The molecule has 26 heavy (non-hydrogen) atoms. The molecule has 2 rings (SSSR count). The van der Waals surface area contributed by atoms with Gasteiger partial charge in [0.2, 0.25) is 15.9 Å². The van der Waals surface area contributed by atoms with Crippen LogP contribution >= 0.6 is 0 Å². The number of carbonyl (C=O) groups excluding carboxylic acids is 1. The van der Waals surface area contributed by atoms with Gasteiger partial charge in [-0.1, -0.05) is 48.5 Å². The molecule has 5 nitrogen and oxygen atoms in total. The summed E-state index contributed by atoms with van der Waals surface area (Å²) in [5.74, 6) is -0.518. The average Bonchev–Trinajstić information content (AvgIpc) is 2.59. The highest BCUT2D eigenvalue weighted by atomic mass is 32.2. The fourth-order valence-corrected chi connectivity index (χ4v) is 3.40. The SMILES string of the molecule is CS(=O)(=O)N(CCNC(=O)Cc1ccccc1)CCc1ccccc1F. The van der Waals surface area contributed by atoms with Crippen LogP contribution in [0, 0.1) is 5.82 Å². The summed E-state index contributed by atoms with van der Waals surface area (Å²) in [5, 5.41) is 2.72. The minimum absolute atomic E-state index is 0.147. The molecule has 0 aliphatic carbocycles. The predicted molar refractivity (Wildman–Crippen MR) is 99.7 cm³/mol. The van der Waals surface area contributed by atoms with Crippen LogP contribution < -0.4 is 5.32 Å². The van der Waals surface area contributed by atoms with Gasteiger partial charge in [0.05, 0.1) is 12.7 Å². The van der Waals surface area contributed by atoms with Crippen molar-refractivity contribution in [3.63, 3.8) is 0 Å². The van der Waals surface area contributed by atoms with E-state index in [0.717, 1.165) is 11.8 Å². The van der Waals surface area contributed by atoms with Crippen LogP contribution in [0.15, 0.2) is 54.6 Å². The van der Waals surface area contributed by atoms with E-state index in [2.05, 4.69) is 5.32 Å². The maximum Gasteiger partial charge on any atom is 0.224 e. The Morgan fingerprint density at radius 3 is 2.35 bits per heavy atom. The first-order chi connectivity index (χ1) is 12.4. The molecule has 2 aromatic rings. The lowest BCUT2D eigenvalue weighted by Crippen LogP contribution is -2.39. The monoisotopic (exact) mass is 378 g/mol. The van der Waals surface area contributed by atoms with Crippen LogP contribution in [-0.4, -0.2) is 44.5 Å². The third-order valence-electron chi connectivity index (χ3n) is 3.95. The zero-order valence-corrected chi connectivity index (χ0v) is 15.5. The zero-order valence-electron chi connectivity index (χ0n) is 14.7. The topological polar surface area (TPSA) is 66.5 Å². The molecule has 0 aliphatic heterocycles. The Labute approximate surface area is 153 Å². The Bertz CT molecular complexity index is 826. The smallest absolute Gasteiger partial charge is 0.224 e. The number of rotatable bonds is 9. The number of halogens is 1. The van der Waals surface area contributed by atoms with Gasteiger partial charge in [0.1, 0.15) is 5.82 Å². The van der Waals surface area contributed by atoms with Gasteiger partial charge < -0.3 is 5.32 Å². The van der Waals surface area contributed by atoms with E-state index in [1.807, 2.05) is 30.3 Å². The lowest BCUT2D eigenvalue weighted by Gasteiger charge is -2.20. The summed E-state index contributed by atoms with van der Waals surface area (Å²) in [6, 6.07) is 15.6. The van der Waals surface area contributed by atoms with Gasteiger partial charge in [0, 0.05) is 19.6 Å². The molecule has 0 bridgehead atoms. The molecule has 0 aromatic heterocycles. The number of benzene rings is 2. The van der Waals surface area contributed by atoms with E-state index >= 15 is 0 Å². The van der Waals surface area contributed by atoms with E-state index in [9.17, 15) is 17.6 Å². The predicted octanol–water partition coefficient (Wildman–Crippen LogP) is 1.99. The first kappa shape index (κ1) is 20.1. The number of hydrogen-bond donors (Lipinski definition) is 1. The van der Waals surface area contributed by atoms with Crippen molar-refractivity contribution in [2.24, 2.45) is 0 Å². The van der Waals surface area contributed by atoms with Gasteiger partial charge in [-0.2, -0.15) is 0 Å². The van der Waals surface area contributed by atoms with Gasteiger partial charge in [-0.25, -0.2) is 17.1 Å². The van der Waals surface area contributed by atoms with Crippen LogP contribution in [0.2, 0.25) is 0 Å². The second-order valence-corrected chi connectivity index (χ2v) is 8.00. The highest BCUT2D eigenvalue weighted by molar-refractivity contribution is 7.88. The molecule has 0 saturated carbocycles. The molecule has 0 heterocycles. The molecule has 2 aromatic carbocycles. The summed E-state index contributed by atoms with van der Waals surface area (Å²) in [5.41, 5.74) is 1.36.